The molecule has 19 heavy (non-hydrogen) atoms. The Bertz CT molecular complexity index is 370. The first-order valence-corrected chi connectivity index (χ1v) is 7.00. The Morgan fingerprint density at radius 1 is 1.16 bits per heavy atom. The summed E-state index contributed by atoms with van der Waals surface area (Å²) in [5.74, 6) is 1.42. The van der Waals surface area contributed by atoms with Gasteiger partial charge in [0.1, 0.15) is 5.75 Å². The lowest BCUT2D eigenvalue weighted by atomic mass is 9.98. The zero-order valence-electron chi connectivity index (χ0n) is 12.2. The SMILES string of the molecule is Cc1cc(OCC(C)C)ccc1CCC(CO)CO. The van der Waals surface area contributed by atoms with E-state index in [2.05, 4.69) is 32.9 Å². The minimum atomic E-state index is -0.0173. The average molecular weight is 266 g/mol. The molecule has 1 rings (SSSR count). The van der Waals surface area contributed by atoms with Gasteiger partial charge in [0.25, 0.3) is 0 Å². The number of hydrogen-bond donors (Lipinski definition) is 2. The van der Waals surface area contributed by atoms with Crippen molar-refractivity contribution in [1.82, 2.24) is 0 Å². The minimum absolute atomic E-state index is 0.0173. The maximum atomic E-state index is 9.06. The van der Waals surface area contributed by atoms with Crippen LogP contribution in [-0.2, 0) is 6.42 Å². The average Bonchev–Trinajstić information content (AvgIpc) is 2.39. The quantitative estimate of drug-likeness (QED) is 0.760. The molecule has 0 saturated carbocycles. The number of hydrogen-bond acceptors (Lipinski definition) is 3. The summed E-state index contributed by atoms with van der Waals surface area (Å²) in [5, 5.41) is 18.1. The van der Waals surface area contributed by atoms with Crippen LogP contribution in [-0.4, -0.2) is 30.0 Å². The lowest BCUT2D eigenvalue weighted by molar-refractivity contribution is 0.144. The third-order valence-electron chi connectivity index (χ3n) is 3.24. The smallest absolute Gasteiger partial charge is 0.119 e. The largest absolute Gasteiger partial charge is 0.493 e. The van der Waals surface area contributed by atoms with Gasteiger partial charge in [0.15, 0.2) is 0 Å². The van der Waals surface area contributed by atoms with Crippen molar-refractivity contribution in [1.29, 1.82) is 0 Å². The van der Waals surface area contributed by atoms with Gasteiger partial charge < -0.3 is 14.9 Å². The van der Waals surface area contributed by atoms with Gasteiger partial charge in [0.05, 0.1) is 6.61 Å². The van der Waals surface area contributed by atoms with Crippen molar-refractivity contribution in [2.75, 3.05) is 19.8 Å². The second kappa shape index (κ2) is 8.18. The molecule has 3 nitrogen and oxygen atoms in total. The van der Waals surface area contributed by atoms with Crippen LogP contribution in [0.4, 0.5) is 0 Å². The van der Waals surface area contributed by atoms with E-state index in [1.54, 1.807) is 0 Å². The van der Waals surface area contributed by atoms with Crippen molar-refractivity contribution in [3.05, 3.63) is 29.3 Å². The predicted octanol–water partition coefficient (Wildman–Crippen LogP) is 2.56. The minimum Gasteiger partial charge on any atom is -0.493 e. The highest BCUT2D eigenvalue weighted by Crippen LogP contribution is 2.20. The summed E-state index contributed by atoms with van der Waals surface area (Å²) < 4.78 is 5.69. The van der Waals surface area contributed by atoms with Gasteiger partial charge in [-0.25, -0.2) is 0 Å². The van der Waals surface area contributed by atoms with Gasteiger partial charge >= 0.3 is 0 Å². The van der Waals surface area contributed by atoms with Gasteiger partial charge in [-0.05, 0) is 48.9 Å². The van der Waals surface area contributed by atoms with Gasteiger partial charge in [-0.3, -0.25) is 0 Å². The Hall–Kier alpha value is -1.06. The maximum Gasteiger partial charge on any atom is 0.119 e. The fraction of sp³-hybridized carbons (Fsp3) is 0.625. The van der Waals surface area contributed by atoms with Crippen molar-refractivity contribution in [3.63, 3.8) is 0 Å². The highest BCUT2D eigenvalue weighted by atomic mass is 16.5. The van der Waals surface area contributed by atoms with Crippen LogP contribution < -0.4 is 4.74 Å². The molecule has 0 fully saturated rings. The predicted molar refractivity (Wildman–Crippen MR) is 77.5 cm³/mol. The summed E-state index contributed by atoms with van der Waals surface area (Å²) in [5.41, 5.74) is 2.46. The normalized spacial score (nSPS) is 11.3. The first-order chi connectivity index (χ1) is 9.06. The second-order valence-corrected chi connectivity index (χ2v) is 5.56. The lowest BCUT2D eigenvalue weighted by Crippen LogP contribution is -2.12. The van der Waals surface area contributed by atoms with E-state index in [4.69, 9.17) is 14.9 Å². The van der Waals surface area contributed by atoms with Crippen LogP contribution in [0.3, 0.4) is 0 Å². The van der Waals surface area contributed by atoms with E-state index in [9.17, 15) is 0 Å². The molecule has 0 aliphatic carbocycles. The van der Waals surface area contributed by atoms with Gasteiger partial charge in [0, 0.05) is 19.1 Å². The molecule has 0 spiro atoms. The second-order valence-electron chi connectivity index (χ2n) is 5.56. The van der Waals surface area contributed by atoms with Gasteiger partial charge in [0.2, 0.25) is 0 Å². The van der Waals surface area contributed by atoms with E-state index in [-0.39, 0.29) is 19.1 Å². The highest BCUT2D eigenvalue weighted by Gasteiger charge is 2.08. The lowest BCUT2D eigenvalue weighted by Gasteiger charge is -2.14. The van der Waals surface area contributed by atoms with Gasteiger partial charge in [-0.1, -0.05) is 19.9 Å². The molecule has 0 unspecified atom stereocenters. The maximum absolute atomic E-state index is 9.06. The fourth-order valence-corrected chi connectivity index (χ4v) is 1.90. The fourth-order valence-electron chi connectivity index (χ4n) is 1.90. The molecule has 0 heterocycles. The number of rotatable bonds is 8. The third kappa shape index (κ3) is 5.62. The molecule has 0 aliphatic heterocycles. The van der Waals surface area contributed by atoms with Crippen molar-refractivity contribution in [3.8, 4) is 5.75 Å². The number of aliphatic hydroxyl groups is 2. The molecule has 1 aromatic rings. The molecule has 0 aromatic heterocycles. The molecule has 0 aliphatic rings. The number of aryl methyl sites for hydroxylation is 2. The molecule has 2 N–H and O–H groups in total. The van der Waals surface area contributed by atoms with E-state index in [1.165, 1.54) is 11.1 Å². The van der Waals surface area contributed by atoms with Crippen LogP contribution in [0.2, 0.25) is 0 Å². The number of benzene rings is 1. The van der Waals surface area contributed by atoms with Crippen LogP contribution >= 0.6 is 0 Å². The summed E-state index contributed by atoms with van der Waals surface area (Å²) in [6, 6.07) is 6.14. The molecule has 0 radical (unpaired) electrons. The Morgan fingerprint density at radius 2 is 1.84 bits per heavy atom. The Kier molecular flexibility index (Phi) is 6.89. The van der Waals surface area contributed by atoms with Crippen LogP contribution in [0.25, 0.3) is 0 Å². The molecule has 0 saturated heterocycles. The monoisotopic (exact) mass is 266 g/mol. The zero-order valence-corrected chi connectivity index (χ0v) is 12.2. The molecule has 0 atom stereocenters. The van der Waals surface area contributed by atoms with Crippen LogP contribution in [0.5, 0.6) is 5.75 Å². The van der Waals surface area contributed by atoms with Crippen molar-refractivity contribution in [2.24, 2.45) is 11.8 Å². The summed E-state index contributed by atoms with van der Waals surface area (Å²) >= 11 is 0. The number of aliphatic hydroxyl groups excluding tert-OH is 2. The van der Waals surface area contributed by atoms with Crippen molar-refractivity contribution >= 4 is 0 Å². The van der Waals surface area contributed by atoms with E-state index >= 15 is 0 Å². The standard InChI is InChI=1S/C16H26O3/c1-12(2)11-19-16-7-6-15(13(3)8-16)5-4-14(9-17)10-18/h6-8,12,14,17-18H,4-5,9-11H2,1-3H3. The Morgan fingerprint density at radius 3 is 2.37 bits per heavy atom. The summed E-state index contributed by atoms with van der Waals surface area (Å²) in [6.07, 6.45) is 1.68. The molecule has 0 amide bonds. The highest BCUT2D eigenvalue weighted by molar-refractivity contribution is 5.34. The molecule has 108 valence electrons. The molecular formula is C16H26O3. The molecule has 3 heteroatoms. The topological polar surface area (TPSA) is 49.7 Å². The number of ether oxygens (including phenoxy) is 1. The molecular weight excluding hydrogens is 240 g/mol. The molecule has 1 aromatic carbocycles. The first kappa shape index (κ1) is 16.0. The van der Waals surface area contributed by atoms with Crippen LogP contribution in [0.1, 0.15) is 31.4 Å². The van der Waals surface area contributed by atoms with E-state index in [0.717, 1.165) is 25.2 Å². The van der Waals surface area contributed by atoms with Crippen LogP contribution in [0.15, 0.2) is 18.2 Å². The van der Waals surface area contributed by atoms with Crippen molar-refractivity contribution in [2.45, 2.75) is 33.6 Å². The van der Waals surface area contributed by atoms with E-state index < -0.39 is 0 Å². The third-order valence-corrected chi connectivity index (χ3v) is 3.24. The van der Waals surface area contributed by atoms with Gasteiger partial charge in [-0.15, -0.1) is 0 Å². The Balaban J connectivity index is 2.56. The van der Waals surface area contributed by atoms with Gasteiger partial charge in [-0.2, -0.15) is 0 Å². The first-order valence-electron chi connectivity index (χ1n) is 7.00. The van der Waals surface area contributed by atoms with E-state index in [1.807, 2.05) is 6.07 Å². The summed E-state index contributed by atoms with van der Waals surface area (Å²) in [4.78, 5) is 0. The van der Waals surface area contributed by atoms with Crippen molar-refractivity contribution < 1.29 is 14.9 Å². The van der Waals surface area contributed by atoms with E-state index in [0.29, 0.717) is 5.92 Å². The van der Waals surface area contributed by atoms with Crippen LogP contribution in [0, 0.1) is 18.8 Å². The molecule has 0 bridgehead atoms. The summed E-state index contributed by atoms with van der Waals surface area (Å²) in [7, 11) is 0. The zero-order chi connectivity index (χ0) is 14.3. The Labute approximate surface area is 116 Å². The summed E-state index contributed by atoms with van der Waals surface area (Å²) in [6.45, 7) is 7.16.